The summed E-state index contributed by atoms with van der Waals surface area (Å²) < 4.78 is 0. The van der Waals surface area contributed by atoms with Crippen LogP contribution in [0.4, 0.5) is 0 Å². The van der Waals surface area contributed by atoms with Crippen LogP contribution in [0.25, 0.3) is 0 Å². The average Bonchev–Trinajstić information content (AvgIpc) is 3.21. The van der Waals surface area contributed by atoms with Crippen molar-refractivity contribution in [2.75, 3.05) is 13.1 Å². The summed E-state index contributed by atoms with van der Waals surface area (Å²) in [7, 11) is 0. The molecule has 0 aliphatic rings. The van der Waals surface area contributed by atoms with Crippen LogP contribution in [-0.2, 0) is 0 Å². The van der Waals surface area contributed by atoms with E-state index in [0.717, 1.165) is 0 Å². The van der Waals surface area contributed by atoms with E-state index < -0.39 is 0 Å². The molecule has 1 nitrogen and oxygen atoms in total. The molecule has 0 aromatic rings. The zero-order valence-electron chi connectivity index (χ0n) is 40.6. The van der Waals surface area contributed by atoms with Crippen LogP contribution in [0.5, 0.6) is 0 Å². The minimum absolute atomic E-state index is 0.463. The summed E-state index contributed by atoms with van der Waals surface area (Å²) in [5, 5.41) is 0. The summed E-state index contributed by atoms with van der Waals surface area (Å²) in [4.78, 5) is 3.21. The Kier molecular flexibility index (Phi) is 47.6. The van der Waals surface area contributed by atoms with Gasteiger partial charge in [-0.2, -0.15) is 0 Å². The van der Waals surface area contributed by atoms with Crippen LogP contribution in [0.1, 0.15) is 336 Å². The number of unbranched alkanes of at least 4 members (excludes halogenated alkanes) is 39. The van der Waals surface area contributed by atoms with Gasteiger partial charge in [-0.15, -0.1) is 0 Å². The van der Waals surface area contributed by atoms with Crippen LogP contribution >= 0.6 is 0 Å². The Bertz CT molecular complexity index is 645. The van der Waals surface area contributed by atoms with Gasteiger partial charge in [0.05, 0.1) is 0 Å². The third-order valence-electron chi connectivity index (χ3n) is 13.7. The summed E-state index contributed by atoms with van der Waals surface area (Å²) in [6, 6.07) is 0. The molecule has 1 heteroatoms. The molecule has 0 bridgehead atoms. The highest BCUT2D eigenvalue weighted by Gasteiger charge is 2.34. The molecule has 0 aliphatic carbocycles. The largest absolute Gasteiger partial charge is 0.298 e. The maximum absolute atomic E-state index is 3.21. The molecule has 0 saturated carbocycles. The van der Waals surface area contributed by atoms with Crippen LogP contribution in [0.3, 0.4) is 0 Å². The van der Waals surface area contributed by atoms with Crippen molar-refractivity contribution in [1.29, 1.82) is 0 Å². The maximum atomic E-state index is 3.21. The quantitative estimate of drug-likeness (QED) is 0.0555. The van der Waals surface area contributed by atoms with Gasteiger partial charge in [-0.05, 0) is 45.2 Å². The standard InChI is InChI=1S/C55H113N/c1-6-11-16-21-26-31-32-33-34-37-42-47-52-55(50-45-40-35-27-22-17-12-7-2,51-46-41-36-28-23-18-13-8-3)56(53-48-43-38-29-24-19-14-9-4)54-49-44-39-30-25-20-15-10-5/h6-54H2,1-5H3. The third-order valence-corrected chi connectivity index (χ3v) is 13.7. The van der Waals surface area contributed by atoms with Gasteiger partial charge in [-0.1, -0.05) is 304 Å². The van der Waals surface area contributed by atoms with Crippen molar-refractivity contribution < 1.29 is 0 Å². The molecule has 0 N–H and O–H groups in total. The molecule has 0 fully saturated rings. The summed E-state index contributed by atoms with van der Waals surface area (Å²) in [5.41, 5.74) is 0.463. The molecule has 0 saturated heterocycles. The Morgan fingerprint density at radius 1 is 0.196 bits per heavy atom. The molecular formula is C55H113N. The van der Waals surface area contributed by atoms with E-state index in [0.29, 0.717) is 5.54 Å². The Labute approximate surface area is 358 Å². The minimum atomic E-state index is 0.463. The summed E-state index contributed by atoms with van der Waals surface area (Å²) in [6.07, 6.45) is 68.5. The smallest absolute Gasteiger partial charge is 0.0209 e. The normalized spacial score (nSPS) is 12.1. The van der Waals surface area contributed by atoms with Crippen molar-refractivity contribution >= 4 is 0 Å². The highest BCUT2D eigenvalue weighted by atomic mass is 15.2. The third kappa shape index (κ3) is 38.2. The van der Waals surface area contributed by atoms with Crippen LogP contribution in [0.15, 0.2) is 0 Å². The molecule has 0 heterocycles. The van der Waals surface area contributed by atoms with Crippen molar-refractivity contribution in [1.82, 2.24) is 4.90 Å². The zero-order chi connectivity index (χ0) is 40.7. The first kappa shape index (κ1) is 56.0. The molecule has 0 rings (SSSR count). The van der Waals surface area contributed by atoms with Gasteiger partial charge in [-0.25, -0.2) is 0 Å². The molecule has 0 unspecified atom stereocenters. The van der Waals surface area contributed by atoms with Gasteiger partial charge in [0, 0.05) is 5.54 Å². The predicted octanol–water partition coefficient (Wildman–Crippen LogP) is 20.5. The van der Waals surface area contributed by atoms with E-state index in [4.69, 9.17) is 0 Å². The number of nitrogens with zero attached hydrogens (tertiary/aromatic N) is 1. The summed E-state index contributed by atoms with van der Waals surface area (Å²) in [5.74, 6) is 0. The first-order chi connectivity index (χ1) is 27.7. The van der Waals surface area contributed by atoms with E-state index in [1.807, 2.05) is 0 Å². The Morgan fingerprint density at radius 2 is 0.357 bits per heavy atom. The van der Waals surface area contributed by atoms with Gasteiger partial charge in [-0.3, -0.25) is 4.90 Å². The van der Waals surface area contributed by atoms with E-state index in [1.165, 1.54) is 315 Å². The van der Waals surface area contributed by atoms with Gasteiger partial charge in [0.1, 0.15) is 0 Å². The molecule has 0 radical (unpaired) electrons. The average molecular weight is 789 g/mol. The van der Waals surface area contributed by atoms with Gasteiger partial charge in [0.25, 0.3) is 0 Å². The first-order valence-electron chi connectivity index (χ1n) is 27.5. The highest BCUT2D eigenvalue weighted by Crippen LogP contribution is 2.36. The summed E-state index contributed by atoms with van der Waals surface area (Å²) >= 11 is 0. The Balaban J connectivity index is 5.69. The molecule has 0 aromatic carbocycles. The lowest BCUT2D eigenvalue weighted by Gasteiger charge is -2.46. The fourth-order valence-electron chi connectivity index (χ4n) is 9.78. The summed E-state index contributed by atoms with van der Waals surface area (Å²) in [6.45, 7) is 14.5. The second-order valence-electron chi connectivity index (χ2n) is 19.2. The van der Waals surface area contributed by atoms with Gasteiger partial charge < -0.3 is 0 Å². The van der Waals surface area contributed by atoms with E-state index in [1.54, 1.807) is 0 Å². The molecule has 0 amide bonds. The van der Waals surface area contributed by atoms with Gasteiger partial charge in [0.2, 0.25) is 0 Å². The lowest BCUT2D eigenvalue weighted by atomic mass is 9.79. The fourth-order valence-corrected chi connectivity index (χ4v) is 9.78. The molecule has 0 aromatic heterocycles. The molecular weight excluding hydrogens is 675 g/mol. The molecule has 338 valence electrons. The van der Waals surface area contributed by atoms with Crippen molar-refractivity contribution in [3.8, 4) is 0 Å². The lowest BCUT2D eigenvalue weighted by molar-refractivity contribution is 0.0485. The SMILES string of the molecule is CCCCCCCCCCCCCCC(CCCCCCCCCC)(CCCCCCCCCC)N(CCCCCCCCCC)CCCCCCCCCC. The Morgan fingerprint density at radius 3 is 0.554 bits per heavy atom. The van der Waals surface area contributed by atoms with Gasteiger partial charge >= 0.3 is 0 Å². The molecule has 56 heavy (non-hydrogen) atoms. The van der Waals surface area contributed by atoms with Gasteiger partial charge in [0.15, 0.2) is 0 Å². The highest BCUT2D eigenvalue weighted by molar-refractivity contribution is 4.91. The minimum Gasteiger partial charge on any atom is -0.298 e. The number of rotatable bonds is 50. The van der Waals surface area contributed by atoms with E-state index in [9.17, 15) is 0 Å². The van der Waals surface area contributed by atoms with Crippen molar-refractivity contribution in [2.24, 2.45) is 0 Å². The van der Waals surface area contributed by atoms with E-state index >= 15 is 0 Å². The number of hydrogen-bond donors (Lipinski definition) is 0. The Hall–Kier alpha value is -0.0400. The molecule has 0 aliphatic heterocycles. The number of hydrogen-bond acceptors (Lipinski definition) is 1. The van der Waals surface area contributed by atoms with Crippen LogP contribution in [0.2, 0.25) is 0 Å². The second-order valence-corrected chi connectivity index (χ2v) is 19.2. The van der Waals surface area contributed by atoms with Crippen molar-refractivity contribution in [3.05, 3.63) is 0 Å². The van der Waals surface area contributed by atoms with Crippen LogP contribution in [0, 0.1) is 0 Å². The zero-order valence-corrected chi connectivity index (χ0v) is 40.6. The monoisotopic (exact) mass is 788 g/mol. The van der Waals surface area contributed by atoms with E-state index in [-0.39, 0.29) is 0 Å². The van der Waals surface area contributed by atoms with Crippen molar-refractivity contribution in [3.63, 3.8) is 0 Å². The van der Waals surface area contributed by atoms with Crippen LogP contribution in [-0.4, -0.2) is 23.5 Å². The maximum Gasteiger partial charge on any atom is 0.0209 e. The lowest BCUT2D eigenvalue weighted by Crippen LogP contribution is -2.50. The molecule has 0 spiro atoms. The topological polar surface area (TPSA) is 3.24 Å². The second kappa shape index (κ2) is 47.6. The first-order valence-corrected chi connectivity index (χ1v) is 27.5. The van der Waals surface area contributed by atoms with E-state index in [2.05, 4.69) is 39.5 Å². The predicted molar refractivity (Wildman–Crippen MR) is 260 cm³/mol. The fraction of sp³-hybridized carbons (Fsp3) is 1.00. The van der Waals surface area contributed by atoms with Crippen molar-refractivity contribution in [2.45, 2.75) is 342 Å². The molecule has 0 atom stereocenters. The van der Waals surface area contributed by atoms with Crippen LogP contribution < -0.4 is 0 Å².